The van der Waals surface area contributed by atoms with Crippen molar-refractivity contribution in [1.82, 2.24) is 19.7 Å². The number of nitrogens with one attached hydrogen (secondary N) is 1. The monoisotopic (exact) mass is 309 g/mol. The van der Waals surface area contributed by atoms with E-state index in [-0.39, 0.29) is 11.5 Å². The quantitative estimate of drug-likeness (QED) is 0.795. The van der Waals surface area contributed by atoms with Crippen LogP contribution in [0.2, 0.25) is 0 Å². The van der Waals surface area contributed by atoms with Crippen LogP contribution in [0.5, 0.6) is 0 Å². The Morgan fingerprint density at radius 1 is 1.09 bits per heavy atom. The van der Waals surface area contributed by atoms with Crippen molar-refractivity contribution in [3.63, 3.8) is 0 Å². The first kappa shape index (κ1) is 15.5. The minimum absolute atomic E-state index is 0.243. The number of rotatable bonds is 4. The number of aryl methyl sites for hydroxylation is 1. The number of benzene rings is 1. The van der Waals surface area contributed by atoms with Gasteiger partial charge in [0.1, 0.15) is 11.6 Å². The maximum absolute atomic E-state index is 4.75. The summed E-state index contributed by atoms with van der Waals surface area (Å²) >= 11 is 0. The van der Waals surface area contributed by atoms with Gasteiger partial charge in [0.25, 0.3) is 0 Å². The summed E-state index contributed by atoms with van der Waals surface area (Å²) in [5, 5.41) is 8.86. The van der Waals surface area contributed by atoms with Crippen LogP contribution in [0.1, 0.15) is 45.0 Å². The van der Waals surface area contributed by atoms with Crippen LogP contribution in [0.3, 0.4) is 0 Å². The molecule has 0 spiro atoms. The maximum atomic E-state index is 4.75. The summed E-state index contributed by atoms with van der Waals surface area (Å²) in [6.07, 6.45) is 1.82. The lowest BCUT2D eigenvalue weighted by Gasteiger charge is -2.28. The summed E-state index contributed by atoms with van der Waals surface area (Å²) in [6, 6.07) is 10.4. The molecule has 120 valence electrons. The fourth-order valence-corrected chi connectivity index (χ4v) is 2.62. The van der Waals surface area contributed by atoms with E-state index < -0.39 is 0 Å². The molecule has 0 aliphatic heterocycles. The van der Waals surface area contributed by atoms with Crippen molar-refractivity contribution in [2.75, 3.05) is 5.32 Å². The SMILES string of the molecule is CC(C)c1nc(NC(C)(C)c2ccccc2)c2cnn(C)c2n1. The third-order valence-electron chi connectivity index (χ3n) is 4.05. The molecule has 0 atom stereocenters. The Hall–Kier alpha value is -2.43. The molecule has 0 radical (unpaired) electrons. The molecule has 1 N–H and O–H groups in total. The first-order valence-electron chi connectivity index (χ1n) is 7.92. The minimum atomic E-state index is -0.243. The Kier molecular flexibility index (Phi) is 3.80. The zero-order valence-corrected chi connectivity index (χ0v) is 14.3. The van der Waals surface area contributed by atoms with Crippen LogP contribution in [-0.4, -0.2) is 19.7 Å². The van der Waals surface area contributed by atoms with Crippen LogP contribution in [0.15, 0.2) is 36.5 Å². The van der Waals surface area contributed by atoms with Gasteiger partial charge in [-0.2, -0.15) is 5.10 Å². The normalized spacial score (nSPS) is 12.1. The lowest BCUT2D eigenvalue weighted by Crippen LogP contribution is -2.28. The molecule has 0 bridgehead atoms. The third kappa shape index (κ3) is 2.91. The van der Waals surface area contributed by atoms with Crippen LogP contribution in [0.25, 0.3) is 11.0 Å². The van der Waals surface area contributed by atoms with Crippen molar-refractivity contribution in [2.24, 2.45) is 7.05 Å². The smallest absolute Gasteiger partial charge is 0.163 e. The van der Waals surface area contributed by atoms with Crippen LogP contribution >= 0.6 is 0 Å². The number of hydrogen-bond donors (Lipinski definition) is 1. The Balaban J connectivity index is 2.09. The van der Waals surface area contributed by atoms with Gasteiger partial charge in [-0.1, -0.05) is 44.2 Å². The van der Waals surface area contributed by atoms with Crippen molar-refractivity contribution in [3.8, 4) is 0 Å². The first-order chi connectivity index (χ1) is 10.9. The van der Waals surface area contributed by atoms with E-state index in [4.69, 9.17) is 4.98 Å². The Bertz CT molecular complexity index is 818. The van der Waals surface area contributed by atoms with E-state index in [0.29, 0.717) is 0 Å². The fraction of sp³-hybridized carbons (Fsp3) is 0.389. The second kappa shape index (κ2) is 5.65. The molecule has 5 nitrogen and oxygen atoms in total. The standard InChI is InChI=1S/C18H23N5/c1-12(2)15-20-16(14-11-19-23(5)17(14)21-15)22-18(3,4)13-9-7-6-8-10-13/h6-12H,1-5H3,(H,20,21,22). The second-order valence-corrected chi connectivity index (χ2v) is 6.71. The summed E-state index contributed by atoms with van der Waals surface area (Å²) < 4.78 is 1.80. The highest BCUT2D eigenvalue weighted by Gasteiger charge is 2.23. The van der Waals surface area contributed by atoms with Gasteiger partial charge in [-0.15, -0.1) is 0 Å². The molecule has 2 heterocycles. The molecule has 2 aromatic heterocycles. The largest absolute Gasteiger partial charge is 0.360 e. The van der Waals surface area contributed by atoms with Gasteiger partial charge >= 0.3 is 0 Å². The van der Waals surface area contributed by atoms with E-state index in [1.165, 1.54) is 5.56 Å². The highest BCUT2D eigenvalue weighted by atomic mass is 15.3. The van der Waals surface area contributed by atoms with Crippen molar-refractivity contribution in [2.45, 2.75) is 39.2 Å². The van der Waals surface area contributed by atoms with Gasteiger partial charge in [0.2, 0.25) is 0 Å². The Labute approximate surface area is 136 Å². The lowest BCUT2D eigenvalue weighted by molar-refractivity contribution is 0.605. The Morgan fingerprint density at radius 2 is 1.78 bits per heavy atom. The van der Waals surface area contributed by atoms with Crippen molar-refractivity contribution in [1.29, 1.82) is 0 Å². The molecule has 0 saturated carbocycles. The van der Waals surface area contributed by atoms with E-state index in [1.807, 2.05) is 19.3 Å². The topological polar surface area (TPSA) is 55.6 Å². The zero-order valence-electron chi connectivity index (χ0n) is 14.3. The molecule has 23 heavy (non-hydrogen) atoms. The minimum Gasteiger partial charge on any atom is -0.360 e. The molecule has 0 fully saturated rings. The van der Waals surface area contributed by atoms with Gasteiger partial charge in [-0.05, 0) is 19.4 Å². The number of anilines is 1. The van der Waals surface area contributed by atoms with Gasteiger partial charge in [0.15, 0.2) is 5.65 Å². The second-order valence-electron chi connectivity index (χ2n) is 6.71. The fourth-order valence-electron chi connectivity index (χ4n) is 2.62. The van der Waals surface area contributed by atoms with E-state index in [1.54, 1.807) is 4.68 Å². The maximum Gasteiger partial charge on any atom is 0.163 e. The molecule has 3 aromatic rings. The van der Waals surface area contributed by atoms with Crippen LogP contribution < -0.4 is 5.32 Å². The summed E-state index contributed by atoms with van der Waals surface area (Å²) in [4.78, 5) is 9.40. The average Bonchev–Trinajstić information content (AvgIpc) is 2.89. The molecule has 5 heteroatoms. The van der Waals surface area contributed by atoms with Crippen LogP contribution in [0, 0.1) is 0 Å². The van der Waals surface area contributed by atoms with Crippen LogP contribution in [-0.2, 0) is 12.6 Å². The van der Waals surface area contributed by atoms with Gasteiger partial charge < -0.3 is 5.32 Å². The van der Waals surface area contributed by atoms with Crippen molar-refractivity contribution in [3.05, 3.63) is 47.9 Å². The van der Waals surface area contributed by atoms with Gasteiger partial charge in [-0.3, -0.25) is 4.68 Å². The number of fused-ring (bicyclic) bond motifs is 1. The summed E-state index contributed by atoms with van der Waals surface area (Å²) in [5.74, 6) is 1.92. The molecule has 1 aromatic carbocycles. The van der Waals surface area contributed by atoms with E-state index in [2.05, 4.69) is 67.4 Å². The summed E-state index contributed by atoms with van der Waals surface area (Å²) in [6.45, 7) is 8.51. The predicted molar refractivity (Wildman–Crippen MR) is 93.5 cm³/mol. The molecule has 0 aliphatic rings. The number of aromatic nitrogens is 4. The first-order valence-corrected chi connectivity index (χ1v) is 7.92. The summed E-state index contributed by atoms with van der Waals surface area (Å²) in [5.41, 5.74) is 1.82. The van der Waals surface area contributed by atoms with Crippen molar-refractivity contribution >= 4 is 16.9 Å². The van der Waals surface area contributed by atoms with Gasteiger partial charge in [0, 0.05) is 13.0 Å². The van der Waals surface area contributed by atoms with Gasteiger partial charge in [0.05, 0.1) is 17.1 Å². The molecular weight excluding hydrogens is 286 g/mol. The van der Waals surface area contributed by atoms with E-state index >= 15 is 0 Å². The molecule has 0 saturated heterocycles. The molecule has 0 aliphatic carbocycles. The predicted octanol–water partition coefficient (Wildman–Crippen LogP) is 3.83. The molecule has 0 amide bonds. The number of hydrogen-bond acceptors (Lipinski definition) is 4. The summed E-state index contributed by atoms with van der Waals surface area (Å²) in [7, 11) is 1.91. The van der Waals surface area contributed by atoms with Crippen LogP contribution in [0.4, 0.5) is 5.82 Å². The zero-order chi connectivity index (χ0) is 16.6. The Morgan fingerprint density at radius 3 is 2.43 bits per heavy atom. The van der Waals surface area contributed by atoms with Gasteiger partial charge in [-0.25, -0.2) is 9.97 Å². The highest BCUT2D eigenvalue weighted by molar-refractivity contribution is 5.86. The molecular formula is C18H23N5. The van der Waals surface area contributed by atoms with E-state index in [9.17, 15) is 0 Å². The molecule has 0 unspecified atom stereocenters. The third-order valence-corrected chi connectivity index (χ3v) is 4.05. The number of nitrogens with zero attached hydrogens (tertiary/aromatic N) is 4. The van der Waals surface area contributed by atoms with Crippen molar-refractivity contribution < 1.29 is 0 Å². The average molecular weight is 309 g/mol. The molecule has 3 rings (SSSR count). The highest BCUT2D eigenvalue weighted by Crippen LogP contribution is 2.29. The van der Waals surface area contributed by atoms with E-state index in [0.717, 1.165) is 22.7 Å². The lowest BCUT2D eigenvalue weighted by atomic mass is 9.94.